The van der Waals surface area contributed by atoms with Gasteiger partial charge in [-0.2, -0.15) is 0 Å². The Balaban J connectivity index is 2.76. The summed E-state index contributed by atoms with van der Waals surface area (Å²) in [6, 6.07) is 6.69. The molecule has 0 saturated heterocycles. The first kappa shape index (κ1) is 16.5. The molecule has 0 unspecified atom stereocenters. The first-order chi connectivity index (χ1) is 9.32. The molecule has 7 heteroatoms. The third-order valence-corrected chi connectivity index (χ3v) is 3.37. The van der Waals surface area contributed by atoms with Gasteiger partial charge < -0.3 is 10.6 Å². The highest BCUT2D eigenvalue weighted by molar-refractivity contribution is 7.89. The maximum atomic E-state index is 11.1. The van der Waals surface area contributed by atoms with Crippen LogP contribution in [0.25, 0.3) is 0 Å². The Bertz CT molecular complexity index is 550. The lowest BCUT2D eigenvalue weighted by atomic mass is 10.2. The van der Waals surface area contributed by atoms with Crippen LogP contribution in [0.2, 0.25) is 0 Å². The minimum atomic E-state index is -3.64. The van der Waals surface area contributed by atoms with Gasteiger partial charge in [-0.25, -0.2) is 18.5 Å². The Morgan fingerprint density at radius 1 is 1.30 bits per heavy atom. The second-order valence-corrected chi connectivity index (χ2v) is 6.24. The maximum absolute atomic E-state index is 11.1. The Kier molecular flexibility index (Phi) is 5.97. The number of sulfonamides is 1. The van der Waals surface area contributed by atoms with Gasteiger partial charge in [-0.15, -0.1) is 0 Å². The van der Waals surface area contributed by atoms with Gasteiger partial charge in [-0.3, -0.25) is 0 Å². The lowest BCUT2D eigenvalue weighted by Crippen LogP contribution is -2.40. The van der Waals surface area contributed by atoms with Crippen LogP contribution >= 0.6 is 0 Å². The lowest BCUT2D eigenvalue weighted by Gasteiger charge is -2.13. The molecule has 0 saturated carbocycles. The monoisotopic (exact) mass is 298 g/mol. The molecule has 1 aromatic carbocycles. The summed E-state index contributed by atoms with van der Waals surface area (Å²) in [5.41, 5.74) is 0.915. The number of nitrogens with one attached hydrogen (secondary N) is 2. The fourth-order valence-corrected chi connectivity index (χ4v) is 2.06. The van der Waals surface area contributed by atoms with E-state index in [0.717, 1.165) is 18.1 Å². The van der Waals surface area contributed by atoms with Crippen molar-refractivity contribution in [3.8, 4) is 0 Å². The molecule has 0 aliphatic rings. The highest BCUT2D eigenvalue weighted by Crippen LogP contribution is 2.09. The van der Waals surface area contributed by atoms with Crippen LogP contribution in [0.1, 0.15) is 26.3 Å². The fraction of sp³-hybridized carbons (Fsp3) is 0.462. The van der Waals surface area contributed by atoms with Gasteiger partial charge in [-0.05, 0) is 38.5 Å². The van der Waals surface area contributed by atoms with Crippen LogP contribution in [-0.2, 0) is 16.6 Å². The number of rotatable bonds is 5. The van der Waals surface area contributed by atoms with Crippen LogP contribution in [-0.4, -0.2) is 27.0 Å². The van der Waals surface area contributed by atoms with Gasteiger partial charge >= 0.3 is 0 Å². The molecule has 4 N–H and O–H groups in total. The fourth-order valence-electron chi connectivity index (χ4n) is 1.55. The zero-order valence-corrected chi connectivity index (χ0v) is 12.9. The number of nitrogens with zero attached hydrogens (tertiary/aromatic N) is 1. The highest BCUT2D eigenvalue weighted by atomic mass is 32.2. The number of hydrogen-bond acceptors (Lipinski definition) is 3. The molecule has 0 atom stereocenters. The van der Waals surface area contributed by atoms with Gasteiger partial charge in [0.2, 0.25) is 10.0 Å². The first-order valence-corrected chi connectivity index (χ1v) is 8.04. The van der Waals surface area contributed by atoms with Gasteiger partial charge in [-0.1, -0.05) is 12.1 Å². The third-order valence-electron chi connectivity index (χ3n) is 2.44. The summed E-state index contributed by atoms with van der Waals surface area (Å²) < 4.78 is 22.3. The van der Waals surface area contributed by atoms with Crippen molar-refractivity contribution in [2.24, 2.45) is 10.1 Å². The summed E-state index contributed by atoms with van der Waals surface area (Å²) in [4.78, 5) is 4.54. The van der Waals surface area contributed by atoms with Crippen molar-refractivity contribution in [3.63, 3.8) is 0 Å². The van der Waals surface area contributed by atoms with E-state index < -0.39 is 10.0 Å². The van der Waals surface area contributed by atoms with Gasteiger partial charge in [0.05, 0.1) is 11.4 Å². The first-order valence-electron chi connectivity index (χ1n) is 6.49. The third kappa shape index (κ3) is 5.58. The van der Waals surface area contributed by atoms with Crippen molar-refractivity contribution in [3.05, 3.63) is 29.8 Å². The van der Waals surface area contributed by atoms with Crippen LogP contribution in [0, 0.1) is 0 Å². The summed E-state index contributed by atoms with van der Waals surface area (Å²) in [5.74, 6) is 0.734. The van der Waals surface area contributed by atoms with Gasteiger partial charge in [0.15, 0.2) is 5.96 Å². The summed E-state index contributed by atoms with van der Waals surface area (Å²) in [5, 5.41) is 11.4. The number of nitrogens with two attached hydrogens (primary N) is 1. The summed E-state index contributed by atoms with van der Waals surface area (Å²) in [7, 11) is -3.64. The van der Waals surface area contributed by atoms with Crippen LogP contribution < -0.4 is 15.8 Å². The largest absolute Gasteiger partial charge is 0.357 e. The molecule has 0 spiro atoms. The van der Waals surface area contributed by atoms with Gasteiger partial charge in [0.1, 0.15) is 0 Å². The van der Waals surface area contributed by atoms with Crippen molar-refractivity contribution < 1.29 is 8.42 Å². The number of primary sulfonamides is 1. The Hall–Kier alpha value is -1.60. The van der Waals surface area contributed by atoms with Crippen molar-refractivity contribution in [1.82, 2.24) is 10.6 Å². The van der Waals surface area contributed by atoms with E-state index in [1.807, 2.05) is 20.8 Å². The van der Waals surface area contributed by atoms with E-state index in [9.17, 15) is 8.42 Å². The van der Waals surface area contributed by atoms with Crippen molar-refractivity contribution in [2.75, 3.05) is 6.54 Å². The van der Waals surface area contributed by atoms with E-state index in [4.69, 9.17) is 5.14 Å². The van der Waals surface area contributed by atoms with E-state index >= 15 is 0 Å². The number of aliphatic imine (C=N–C) groups is 1. The highest BCUT2D eigenvalue weighted by Gasteiger charge is 2.06. The Labute approximate surface area is 120 Å². The molecule has 0 aromatic heterocycles. The molecular formula is C13H22N4O2S. The van der Waals surface area contributed by atoms with Gasteiger partial charge in [0, 0.05) is 12.6 Å². The molecule has 1 rings (SSSR count). The zero-order chi connectivity index (χ0) is 15.2. The Morgan fingerprint density at radius 3 is 2.35 bits per heavy atom. The van der Waals surface area contributed by atoms with Crippen molar-refractivity contribution >= 4 is 16.0 Å². The molecule has 0 aliphatic carbocycles. The minimum absolute atomic E-state index is 0.109. The second-order valence-electron chi connectivity index (χ2n) is 4.68. The van der Waals surface area contributed by atoms with Crippen LogP contribution in [0.3, 0.4) is 0 Å². The van der Waals surface area contributed by atoms with Crippen LogP contribution in [0.5, 0.6) is 0 Å². The molecular weight excluding hydrogens is 276 g/mol. The quantitative estimate of drug-likeness (QED) is 0.553. The zero-order valence-electron chi connectivity index (χ0n) is 12.1. The topological polar surface area (TPSA) is 96.6 Å². The molecule has 0 fully saturated rings. The molecule has 0 bridgehead atoms. The van der Waals surface area contributed by atoms with Crippen LogP contribution in [0.15, 0.2) is 34.2 Å². The number of benzene rings is 1. The predicted octanol–water partition coefficient (Wildman–Crippen LogP) is 0.798. The predicted molar refractivity (Wildman–Crippen MR) is 80.9 cm³/mol. The molecule has 20 heavy (non-hydrogen) atoms. The summed E-state index contributed by atoms with van der Waals surface area (Å²) in [6.45, 7) is 7.32. The second kappa shape index (κ2) is 7.25. The lowest BCUT2D eigenvalue weighted by molar-refractivity contribution is 0.597. The van der Waals surface area contributed by atoms with E-state index in [1.54, 1.807) is 12.1 Å². The van der Waals surface area contributed by atoms with E-state index in [2.05, 4.69) is 15.6 Å². The number of guanidine groups is 1. The van der Waals surface area contributed by atoms with E-state index in [1.165, 1.54) is 12.1 Å². The molecule has 0 aliphatic heterocycles. The maximum Gasteiger partial charge on any atom is 0.238 e. The van der Waals surface area contributed by atoms with E-state index in [0.29, 0.717) is 6.54 Å². The summed E-state index contributed by atoms with van der Waals surface area (Å²) in [6.07, 6.45) is 0. The Morgan fingerprint density at radius 2 is 1.90 bits per heavy atom. The molecule has 1 aromatic rings. The number of hydrogen-bond donors (Lipinski definition) is 3. The smallest absolute Gasteiger partial charge is 0.238 e. The molecule has 112 valence electrons. The van der Waals surface area contributed by atoms with Crippen LogP contribution in [0.4, 0.5) is 0 Å². The van der Waals surface area contributed by atoms with Gasteiger partial charge in [0.25, 0.3) is 0 Å². The molecule has 0 radical (unpaired) electrons. The SMILES string of the molecule is CCNC(=NCc1ccc(S(N)(=O)=O)cc1)NC(C)C. The van der Waals surface area contributed by atoms with Crippen molar-refractivity contribution in [1.29, 1.82) is 0 Å². The summed E-state index contributed by atoms with van der Waals surface area (Å²) >= 11 is 0. The normalized spacial score (nSPS) is 12.6. The molecule has 0 amide bonds. The van der Waals surface area contributed by atoms with E-state index in [-0.39, 0.29) is 10.9 Å². The molecule has 6 nitrogen and oxygen atoms in total. The average molecular weight is 298 g/mol. The minimum Gasteiger partial charge on any atom is -0.357 e. The average Bonchev–Trinajstić information content (AvgIpc) is 2.35. The van der Waals surface area contributed by atoms with Crippen molar-refractivity contribution in [2.45, 2.75) is 38.3 Å². The molecule has 0 heterocycles. The standard InChI is InChI=1S/C13H22N4O2S/c1-4-15-13(17-10(2)3)16-9-11-5-7-12(8-6-11)20(14,18)19/h5-8,10H,4,9H2,1-3H3,(H2,14,18,19)(H2,15,16,17).